The van der Waals surface area contributed by atoms with Crippen LogP contribution in [0.15, 0.2) is 55.1 Å². The molecule has 6 aromatic heterocycles. The van der Waals surface area contributed by atoms with Crippen LogP contribution in [0.5, 0.6) is 0 Å². The molecule has 1 saturated heterocycles. The molecule has 7 rings (SSSR count). The summed E-state index contributed by atoms with van der Waals surface area (Å²) >= 11 is 1.74. The molecule has 0 bridgehead atoms. The maximum Gasteiger partial charge on any atom is 0.147 e. The maximum atomic E-state index is 5.93. The Morgan fingerprint density at radius 2 is 1.86 bits per heavy atom. The van der Waals surface area contributed by atoms with E-state index in [4.69, 9.17) is 10.7 Å². The molecule has 0 unspecified atom stereocenters. The van der Waals surface area contributed by atoms with Crippen molar-refractivity contribution in [2.75, 3.05) is 18.0 Å². The number of pyridine rings is 2. The zero-order chi connectivity index (χ0) is 23.5. The monoisotopic (exact) mass is 479 g/mol. The third-order valence-corrected chi connectivity index (χ3v) is 7.35. The molecule has 0 aliphatic carbocycles. The van der Waals surface area contributed by atoms with Crippen LogP contribution in [0.1, 0.15) is 4.88 Å². The smallest absolute Gasteiger partial charge is 0.147 e. The van der Waals surface area contributed by atoms with Crippen LogP contribution >= 0.6 is 11.3 Å². The number of H-pyrrole nitrogens is 2. The Kier molecular flexibility index (Phi) is 4.45. The van der Waals surface area contributed by atoms with Gasteiger partial charge in [0, 0.05) is 46.5 Å². The molecule has 0 aromatic carbocycles. The van der Waals surface area contributed by atoms with Gasteiger partial charge in [-0.3, -0.25) is 20.1 Å². The predicted molar refractivity (Wildman–Crippen MR) is 138 cm³/mol. The van der Waals surface area contributed by atoms with Crippen LogP contribution in [0.2, 0.25) is 0 Å². The summed E-state index contributed by atoms with van der Waals surface area (Å²) < 4.78 is 0. The molecule has 1 aliphatic heterocycles. The van der Waals surface area contributed by atoms with Crippen LogP contribution in [-0.2, 0) is 0 Å². The third kappa shape index (κ3) is 3.37. The number of aryl methyl sites for hydroxylation is 1. The SMILES string of the molecule is Cc1ccc(-c2nccc3[nH]c(-c4n[nH]c5cnc(-c6cncc(N7CC(N)C7)n6)cc45)cc23)s1. The first-order valence-corrected chi connectivity index (χ1v) is 12.2. The summed E-state index contributed by atoms with van der Waals surface area (Å²) in [4.78, 5) is 26.5. The second-order valence-corrected chi connectivity index (χ2v) is 10.1. The first-order valence-electron chi connectivity index (χ1n) is 11.3. The molecule has 1 fully saturated rings. The van der Waals surface area contributed by atoms with E-state index < -0.39 is 0 Å². The standard InChI is InChI=1S/C25H21N9S/c1-13-2-3-22(35-13)25-15-7-19(30-17(15)4-5-28-25)24-16-6-18(29-9-20(16)32-33-24)21-8-27-10-23(31-21)34-11-14(26)12-34/h2-10,14,30H,11-12,26H2,1H3,(H,32,33). The zero-order valence-electron chi connectivity index (χ0n) is 18.9. The molecular formula is C25H21N9S. The van der Waals surface area contributed by atoms with Gasteiger partial charge in [-0.15, -0.1) is 11.3 Å². The van der Waals surface area contributed by atoms with Gasteiger partial charge in [0.05, 0.1) is 46.1 Å². The molecule has 0 spiro atoms. The topological polar surface area (TPSA) is 125 Å². The zero-order valence-corrected chi connectivity index (χ0v) is 19.7. The molecule has 6 aromatic rings. The summed E-state index contributed by atoms with van der Waals surface area (Å²) in [6.45, 7) is 3.69. The van der Waals surface area contributed by atoms with Crippen molar-refractivity contribution in [2.45, 2.75) is 13.0 Å². The van der Waals surface area contributed by atoms with Gasteiger partial charge < -0.3 is 15.6 Å². The molecule has 0 amide bonds. The number of fused-ring (bicyclic) bond motifs is 2. The van der Waals surface area contributed by atoms with E-state index in [-0.39, 0.29) is 6.04 Å². The van der Waals surface area contributed by atoms with Crippen molar-refractivity contribution in [2.24, 2.45) is 5.73 Å². The van der Waals surface area contributed by atoms with Crippen molar-refractivity contribution in [3.63, 3.8) is 0 Å². The Bertz CT molecular complexity index is 1710. The second-order valence-electron chi connectivity index (χ2n) is 8.83. The number of hydrogen-bond donors (Lipinski definition) is 3. The molecule has 10 heteroatoms. The Hall–Kier alpha value is -4.15. The van der Waals surface area contributed by atoms with Gasteiger partial charge in [0.25, 0.3) is 0 Å². The van der Waals surface area contributed by atoms with Crippen molar-refractivity contribution >= 4 is 39.0 Å². The lowest BCUT2D eigenvalue weighted by Crippen LogP contribution is -2.56. The summed E-state index contributed by atoms with van der Waals surface area (Å²) in [7, 11) is 0. The average Bonchev–Trinajstić information content (AvgIpc) is 3.59. The fourth-order valence-electron chi connectivity index (χ4n) is 4.53. The number of aromatic nitrogens is 7. The number of nitrogens with two attached hydrogens (primary N) is 1. The quantitative estimate of drug-likeness (QED) is 0.347. The highest BCUT2D eigenvalue weighted by molar-refractivity contribution is 7.15. The summed E-state index contributed by atoms with van der Waals surface area (Å²) in [6.07, 6.45) is 7.14. The van der Waals surface area contributed by atoms with Crippen molar-refractivity contribution in [3.05, 3.63) is 60.0 Å². The van der Waals surface area contributed by atoms with E-state index in [9.17, 15) is 0 Å². The maximum absolute atomic E-state index is 5.93. The van der Waals surface area contributed by atoms with Gasteiger partial charge in [-0.05, 0) is 37.3 Å². The molecule has 35 heavy (non-hydrogen) atoms. The van der Waals surface area contributed by atoms with Crippen LogP contribution in [-0.4, -0.2) is 54.2 Å². The van der Waals surface area contributed by atoms with Crippen LogP contribution < -0.4 is 10.6 Å². The highest BCUT2D eigenvalue weighted by atomic mass is 32.1. The van der Waals surface area contributed by atoms with Crippen molar-refractivity contribution < 1.29 is 0 Å². The molecule has 4 N–H and O–H groups in total. The normalized spacial score (nSPS) is 14.2. The van der Waals surface area contributed by atoms with Crippen LogP contribution in [0, 0.1) is 6.92 Å². The summed E-state index contributed by atoms with van der Waals surface area (Å²) in [5.74, 6) is 0.818. The van der Waals surface area contributed by atoms with E-state index >= 15 is 0 Å². The van der Waals surface area contributed by atoms with Gasteiger partial charge in [0.2, 0.25) is 0 Å². The predicted octanol–water partition coefficient (Wildman–Crippen LogP) is 4.14. The Balaban J connectivity index is 1.31. The van der Waals surface area contributed by atoms with Crippen LogP contribution in [0.3, 0.4) is 0 Å². The van der Waals surface area contributed by atoms with E-state index in [0.29, 0.717) is 5.69 Å². The minimum Gasteiger partial charge on any atom is -0.353 e. The van der Waals surface area contributed by atoms with Crippen molar-refractivity contribution in [3.8, 4) is 33.3 Å². The molecule has 1 aliphatic rings. The number of hydrogen-bond acceptors (Lipinski definition) is 8. The minimum absolute atomic E-state index is 0.194. The largest absolute Gasteiger partial charge is 0.353 e. The molecular weight excluding hydrogens is 458 g/mol. The second kappa shape index (κ2) is 7.69. The molecule has 0 radical (unpaired) electrons. The Labute approximate surface area is 204 Å². The molecule has 172 valence electrons. The van der Waals surface area contributed by atoms with Gasteiger partial charge in [-0.25, -0.2) is 4.98 Å². The molecule has 0 atom stereocenters. The number of nitrogens with zero attached hydrogens (tertiary/aromatic N) is 6. The third-order valence-electron chi connectivity index (χ3n) is 6.34. The van der Waals surface area contributed by atoms with Gasteiger partial charge in [-0.1, -0.05) is 0 Å². The van der Waals surface area contributed by atoms with Crippen molar-refractivity contribution in [1.82, 2.24) is 35.1 Å². The minimum atomic E-state index is 0.194. The van der Waals surface area contributed by atoms with E-state index in [1.807, 2.05) is 18.3 Å². The molecule has 9 nitrogen and oxygen atoms in total. The molecule has 0 saturated carbocycles. The summed E-state index contributed by atoms with van der Waals surface area (Å²) in [6, 6.07) is 10.6. The van der Waals surface area contributed by atoms with E-state index in [2.05, 4.69) is 60.2 Å². The fraction of sp³-hybridized carbons (Fsp3) is 0.160. The Morgan fingerprint density at radius 3 is 2.69 bits per heavy atom. The lowest BCUT2D eigenvalue weighted by molar-refractivity contribution is 0.514. The van der Waals surface area contributed by atoms with Gasteiger partial charge in [-0.2, -0.15) is 5.10 Å². The van der Waals surface area contributed by atoms with Gasteiger partial charge >= 0.3 is 0 Å². The number of rotatable bonds is 4. The van der Waals surface area contributed by atoms with E-state index in [0.717, 1.165) is 68.4 Å². The van der Waals surface area contributed by atoms with Crippen LogP contribution in [0.4, 0.5) is 5.82 Å². The first-order chi connectivity index (χ1) is 17.1. The number of anilines is 1. The number of nitrogens with one attached hydrogen (secondary N) is 2. The summed E-state index contributed by atoms with van der Waals surface area (Å²) in [5.41, 5.74) is 12.0. The van der Waals surface area contributed by atoms with E-state index in [1.165, 1.54) is 4.88 Å². The van der Waals surface area contributed by atoms with Crippen LogP contribution in [0.25, 0.3) is 55.2 Å². The highest BCUT2D eigenvalue weighted by Crippen LogP contribution is 2.35. The Morgan fingerprint density at radius 1 is 0.971 bits per heavy atom. The lowest BCUT2D eigenvalue weighted by Gasteiger charge is -2.37. The highest BCUT2D eigenvalue weighted by Gasteiger charge is 2.25. The van der Waals surface area contributed by atoms with Gasteiger partial charge in [0.15, 0.2) is 0 Å². The number of thiophene rings is 1. The first kappa shape index (κ1) is 20.2. The number of aromatic amines is 2. The fourth-order valence-corrected chi connectivity index (χ4v) is 5.41. The average molecular weight is 480 g/mol. The lowest BCUT2D eigenvalue weighted by atomic mass is 10.1. The molecule has 7 heterocycles. The van der Waals surface area contributed by atoms with Crippen molar-refractivity contribution in [1.29, 1.82) is 0 Å². The van der Waals surface area contributed by atoms with Gasteiger partial charge in [0.1, 0.15) is 17.2 Å². The summed E-state index contributed by atoms with van der Waals surface area (Å²) in [5, 5.41) is 9.74. The van der Waals surface area contributed by atoms with E-state index in [1.54, 1.807) is 29.9 Å².